The summed E-state index contributed by atoms with van der Waals surface area (Å²) in [4.78, 5) is 32.1. The van der Waals surface area contributed by atoms with Crippen molar-refractivity contribution >= 4 is 38.8 Å². The van der Waals surface area contributed by atoms with Crippen LogP contribution in [-0.4, -0.2) is 49.3 Å². The topological polar surface area (TPSA) is 108 Å². The number of nitrogens with zero attached hydrogens (tertiary/aromatic N) is 2. The van der Waals surface area contributed by atoms with Crippen molar-refractivity contribution in [2.24, 2.45) is 0 Å². The average Bonchev–Trinajstić information content (AvgIpc) is 2.86. The van der Waals surface area contributed by atoms with Crippen LogP contribution in [0.3, 0.4) is 0 Å². The van der Waals surface area contributed by atoms with E-state index in [1.165, 1.54) is 12.3 Å². The molecule has 1 aromatic heterocycles. The number of hydrogen-bond donors (Lipinski definition) is 2. The number of rotatable bonds is 5. The van der Waals surface area contributed by atoms with Gasteiger partial charge in [0.15, 0.2) is 15.7 Å². The van der Waals surface area contributed by atoms with Gasteiger partial charge in [0.2, 0.25) is 0 Å². The van der Waals surface area contributed by atoms with E-state index in [1.54, 1.807) is 0 Å². The summed E-state index contributed by atoms with van der Waals surface area (Å²) in [6.45, 7) is 0.510. The molecule has 5 rings (SSSR count). The quantitative estimate of drug-likeness (QED) is 0.454. The van der Waals surface area contributed by atoms with Crippen molar-refractivity contribution in [1.82, 2.24) is 10.3 Å². The standard InChI is InChI=1S/C26H22F4N4O4S/c27-19-9-16(8-18(11-19)26(28,29)30)24(35)33-21-10-17(25(36)32-20-13-39(37,38)14-20)12-31-23(21)34-7-3-5-15-4-1-2-6-22(15)34/h1-2,4,6,8-12,20H,3,5,7,13-14H2,(H,32,36)(H,33,35). The first-order valence-electron chi connectivity index (χ1n) is 12.0. The summed E-state index contributed by atoms with van der Waals surface area (Å²) in [5.41, 5.74) is -0.0341. The molecule has 0 aliphatic carbocycles. The van der Waals surface area contributed by atoms with E-state index in [0.29, 0.717) is 24.7 Å². The Morgan fingerprint density at radius 3 is 2.46 bits per heavy atom. The molecule has 8 nitrogen and oxygen atoms in total. The van der Waals surface area contributed by atoms with Gasteiger partial charge in [-0.1, -0.05) is 18.2 Å². The van der Waals surface area contributed by atoms with Crippen molar-refractivity contribution in [1.29, 1.82) is 0 Å². The highest BCUT2D eigenvalue weighted by atomic mass is 32.2. The van der Waals surface area contributed by atoms with E-state index in [0.717, 1.165) is 24.1 Å². The minimum atomic E-state index is -4.87. The van der Waals surface area contributed by atoms with E-state index in [4.69, 9.17) is 0 Å². The molecule has 0 atom stereocenters. The lowest BCUT2D eigenvalue weighted by Crippen LogP contribution is -2.52. The molecule has 0 spiro atoms. The summed E-state index contributed by atoms with van der Waals surface area (Å²) in [5.74, 6) is -3.05. The van der Waals surface area contributed by atoms with Crippen LogP contribution in [0.15, 0.2) is 54.7 Å². The third-order valence-corrected chi connectivity index (χ3v) is 8.30. The number of halogens is 4. The summed E-state index contributed by atoms with van der Waals surface area (Å²) >= 11 is 0. The predicted molar refractivity (Wildman–Crippen MR) is 135 cm³/mol. The third kappa shape index (κ3) is 5.72. The number of sulfone groups is 1. The first-order valence-corrected chi connectivity index (χ1v) is 13.8. The van der Waals surface area contributed by atoms with Gasteiger partial charge in [0.1, 0.15) is 5.82 Å². The number of hydrogen-bond acceptors (Lipinski definition) is 6. The van der Waals surface area contributed by atoms with E-state index in [2.05, 4.69) is 15.6 Å². The van der Waals surface area contributed by atoms with Crippen LogP contribution in [0.5, 0.6) is 0 Å². The van der Waals surface area contributed by atoms with Crippen molar-refractivity contribution in [3.8, 4) is 0 Å². The third-order valence-electron chi connectivity index (χ3n) is 6.48. The molecule has 204 valence electrons. The fourth-order valence-electron chi connectivity index (χ4n) is 4.64. The minimum Gasteiger partial charge on any atom is -0.347 e. The number of fused-ring (bicyclic) bond motifs is 1. The largest absolute Gasteiger partial charge is 0.416 e. The van der Waals surface area contributed by atoms with Crippen molar-refractivity contribution < 1.29 is 35.6 Å². The molecule has 2 aromatic carbocycles. The second kappa shape index (κ2) is 9.95. The van der Waals surface area contributed by atoms with Crippen molar-refractivity contribution in [3.63, 3.8) is 0 Å². The molecule has 1 saturated heterocycles. The van der Waals surface area contributed by atoms with E-state index >= 15 is 0 Å². The zero-order chi connectivity index (χ0) is 27.9. The minimum absolute atomic E-state index is 0.00105. The number of pyridine rings is 1. The highest BCUT2D eigenvalue weighted by Gasteiger charge is 2.35. The van der Waals surface area contributed by atoms with Gasteiger partial charge in [0.05, 0.1) is 34.4 Å². The molecule has 0 radical (unpaired) electrons. The number of para-hydroxylation sites is 1. The summed E-state index contributed by atoms with van der Waals surface area (Å²) in [6, 6.07) is 9.77. The van der Waals surface area contributed by atoms with Gasteiger partial charge >= 0.3 is 6.18 Å². The molecule has 1 fully saturated rings. The van der Waals surface area contributed by atoms with Crippen molar-refractivity contribution in [2.75, 3.05) is 28.3 Å². The number of carbonyl (C=O) groups is 2. The predicted octanol–water partition coefficient (Wildman–Crippen LogP) is 4.10. The molecular weight excluding hydrogens is 540 g/mol. The van der Waals surface area contributed by atoms with Gasteiger partial charge in [-0.3, -0.25) is 9.59 Å². The summed E-state index contributed by atoms with van der Waals surface area (Å²) in [7, 11) is -3.19. The Hall–Kier alpha value is -4.00. The van der Waals surface area contributed by atoms with Crippen molar-refractivity contribution in [2.45, 2.75) is 25.1 Å². The van der Waals surface area contributed by atoms with Gasteiger partial charge in [-0.25, -0.2) is 17.8 Å². The molecule has 0 unspecified atom stereocenters. The SMILES string of the molecule is O=C(Nc1cc(C(=O)NC2CS(=O)(=O)C2)cnc1N1CCCc2ccccc21)c1cc(F)cc(C(F)(F)F)c1. The van der Waals surface area contributed by atoms with Crippen LogP contribution in [0.4, 0.5) is 34.8 Å². The van der Waals surface area contributed by atoms with E-state index < -0.39 is 50.8 Å². The molecule has 0 saturated carbocycles. The molecule has 39 heavy (non-hydrogen) atoms. The summed E-state index contributed by atoms with van der Waals surface area (Å²) < 4.78 is 76.5. The number of anilines is 3. The summed E-state index contributed by atoms with van der Waals surface area (Å²) in [6.07, 6.45) is -2.03. The normalized spacial score (nSPS) is 16.7. The Labute approximate surface area is 221 Å². The van der Waals surface area contributed by atoms with Gasteiger partial charge in [0.25, 0.3) is 11.8 Å². The van der Waals surface area contributed by atoms with Crippen LogP contribution in [-0.2, 0) is 22.4 Å². The molecule has 13 heteroatoms. The molecule has 2 amide bonds. The number of alkyl halides is 3. The van der Waals surface area contributed by atoms with Crippen LogP contribution in [0.1, 0.15) is 38.3 Å². The van der Waals surface area contributed by atoms with E-state index in [1.807, 2.05) is 29.2 Å². The van der Waals surface area contributed by atoms with Crippen molar-refractivity contribution in [3.05, 3.63) is 82.8 Å². The van der Waals surface area contributed by atoms with Gasteiger partial charge in [-0.05, 0) is 48.7 Å². The van der Waals surface area contributed by atoms with Gasteiger partial charge in [-0.2, -0.15) is 13.2 Å². The molecule has 3 heterocycles. The lowest BCUT2D eigenvalue weighted by molar-refractivity contribution is -0.137. The number of aromatic nitrogens is 1. The van der Waals surface area contributed by atoms with E-state index in [-0.39, 0.29) is 28.6 Å². The smallest absolute Gasteiger partial charge is 0.347 e. The zero-order valence-electron chi connectivity index (χ0n) is 20.3. The Morgan fingerprint density at radius 1 is 1.00 bits per heavy atom. The molecule has 2 N–H and O–H groups in total. The first-order chi connectivity index (χ1) is 18.4. The average molecular weight is 563 g/mol. The first kappa shape index (κ1) is 26.6. The summed E-state index contributed by atoms with van der Waals surface area (Å²) in [5, 5.41) is 5.09. The molecular formula is C26H22F4N4O4S. The van der Waals surface area contributed by atoms with Gasteiger partial charge in [0, 0.05) is 24.0 Å². The fraction of sp³-hybridized carbons (Fsp3) is 0.269. The van der Waals surface area contributed by atoms with Crippen LogP contribution < -0.4 is 15.5 Å². The van der Waals surface area contributed by atoms with Crippen LogP contribution in [0.2, 0.25) is 0 Å². The highest BCUT2D eigenvalue weighted by Crippen LogP contribution is 2.37. The maximum absolute atomic E-state index is 14.0. The van der Waals surface area contributed by atoms with E-state index in [9.17, 15) is 35.6 Å². The highest BCUT2D eigenvalue weighted by molar-refractivity contribution is 7.92. The number of aryl methyl sites for hydroxylation is 1. The maximum Gasteiger partial charge on any atom is 0.416 e. The lowest BCUT2D eigenvalue weighted by atomic mass is 10.0. The molecule has 2 aliphatic heterocycles. The molecule has 2 aliphatic rings. The van der Waals surface area contributed by atoms with Crippen LogP contribution in [0, 0.1) is 5.82 Å². The Kier molecular flexibility index (Phi) is 6.79. The second-order valence-corrected chi connectivity index (χ2v) is 11.6. The van der Waals surface area contributed by atoms with Gasteiger partial charge in [-0.15, -0.1) is 0 Å². The lowest BCUT2D eigenvalue weighted by Gasteiger charge is -2.32. The zero-order valence-corrected chi connectivity index (χ0v) is 21.1. The number of benzene rings is 2. The fourth-order valence-corrected chi connectivity index (χ4v) is 5.93. The number of nitrogens with one attached hydrogen (secondary N) is 2. The monoisotopic (exact) mass is 562 g/mol. The Balaban J connectivity index is 1.51. The number of amides is 2. The molecule has 0 bridgehead atoms. The number of carbonyl (C=O) groups excluding carboxylic acids is 2. The molecule has 3 aromatic rings. The Bertz CT molecular complexity index is 1560. The van der Waals surface area contributed by atoms with Gasteiger partial charge < -0.3 is 15.5 Å². The van der Waals surface area contributed by atoms with Crippen LogP contribution in [0.25, 0.3) is 0 Å². The second-order valence-electron chi connectivity index (χ2n) is 9.41. The maximum atomic E-state index is 14.0. The van der Waals surface area contributed by atoms with Crippen LogP contribution >= 0.6 is 0 Å². The Morgan fingerprint density at radius 2 is 1.74 bits per heavy atom.